The van der Waals surface area contributed by atoms with E-state index in [9.17, 15) is 14.3 Å². The molecule has 18 heavy (non-hydrogen) atoms. The number of hydrogen-bond acceptors (Lipinski definition) is 4. The van der Waals surface area contributed by atoms with Crippen LogP contribution in [0.15, 0.2) is 24.3 Å². The van der Waals surface area contributed by atoms with Crippen molar-refractivity contribution in [2.75, 3.05) is 5.32 Å². The van der Waals surface area contributed by atoms with Crippen LogP contribution in [0.4, 0.5) is 14.3 Å². The lowest BCUT2D eigenvalue weighted by Gasteiger charge is -1.98. The molecule has 0 spiro atoms. The van der Waals surface area contributed by atoms with Crippen molar-refractivity contribution in [3.63, 3.8) is 0 Å². The van der Waals surface area contributed by atoms with E-state index < -0.39 is 6.09 Å². The largest absolute Gasteiger partial charge is 0.492 e. The van der Waals surface area contributed by atoms with Gasteiger partial charge in [-0.15, -0.1) is 0 Å². The topological polar surface area (TPSA) is 82.5 Å². The summed E-state index contributed by atoms with van der Waals surface area (Å²) in [7, 11) is 0. The molecule has 2 aromatic rings. The second-order valence-electron chi connectivity index (χ2n) is 3.50. The Bertz CT molecular complexity index is 568. The van der Waals surface area contributed by atoms with Crippen molar-refractivity contribution in [3.05, 3.63) is 40.5 Å². The van der Waals surface area contributed by atoms with Gasteiger partial charge in [0.2, 0.25) is 5.88 Å². The molecule has 2 rings (SSSR count). The zero-order chi connectivity index (χ0) is 13.1. The molecule has 0 saturated heterocycles. The number of hydrogen-bond donors (Lipinski definition) is 3. The van der Waals surface area contributed by atoms with E-state index in [1.165, 1.54) is 12.1 Å². The molecule has 94 valence electrons. The van der Waals surface area contributed by atoms with Crippen molar-refractivity contribution in [2.45, 2.75) is 6.42 Å². The van der Waals surface area contributed by atoms with Crippen molar-refractivity contribution < 1.29 is 19.4 Å². The van der Waals surface area contributed by atoms with E-state index in [4.69, 9.17) is 5.11 Å². The second kappa shape index (κ2) is 5.01. The zero-order valence-electron chi connectivity index (χ0n) is 9.05. The minimum atomic E-state index is -1.24. The number of carbonyl (C=O) groups is 1. The van der Waals surface area contributed by atoms with Gasteiger partial charge in [0.25, 0.3) is 0 Å². The number of carboxylic acid groups (broad SMARTS) is 1. The molecule has 5 nitrogen and oxygen atoms in total. The number of benzene rings is 1. The molecular formula is C11H9FN2O3S. The first kappa shape index (κ1) is 12.3. The molecule has 0 radical (unpaired) electrons. The van der Waals surface area contributed by atoms with E-state index in [0.29, 0.717) is 11.3 Å². The lowest BCUT2D eigenvalue weighted by atomic mass is 10.1. The van der Waals surface area contributed by atoms with Crippen LogP contribution < -0.4 is 5.32 Å². The van der Waals surface area contributed by atoms with Gasteiger partial charge in [0, 0.05) is 6.42 Å². The first-order chi connectivity index (χ1) is 8.54. The summed E-state index contributed by atoms with van der Waals surface area (Å²) in [4.78, 5) is 14.6. The first-order valence-corrected chi connectivity index (χ1v) is 5.79. The number of aromatic nitrogens is 1. The van der Waals surface area contributed by atoms with E-state index in [1.54, 1.807) is 12.1 Å². The van der Waals surface area contributed by atoms with Gasteiger partial charge < -0.3 is 10.2 Å². The Morgan fingerprint density at radius 1 is 1.39 bits per heavy atom. The highest BCUT2D eigenvalue weighted by Crippen LogP contribution is 2.30. The van der Waals surface area contributed by atoms with Crippen molar-refractivity contribution in [2.24, 2.45) is 0 Å². The fourth-order valence-electron chi connectivity index (χ4n) is 1.39. The van der Waals surface area contributed by atoms with E-state index in [0.717, 1.165) is 16.9 Å². The summed E-state index contributed by atoms with van der Waals surface area (Å²) >= 11 is 1.04. The molecule has 0 atom stereocenters. The normalized spacial score (nSPS) is 10.3. The van der Waals surface area contributed by atoms with Crippen LogP contribution in [0.2, 0.25) is 0 Å². The van der Waals surface area contributed by atoms with Crippen LogP contribution in [-0.2, 0) is 6.42 Å². The Labute approximate surface area is 106 Å². The molecule has 1 aromatic carbocycles. The first-order valence-electron chi connectivity index (χ1n) is 4.97. The molecule has 0 aliphatic heterocycles. The molecule has 1 aromatic heterocycles. The highest BCUT2D eigenvalue weighted by atomic mass is 32.1. The van der Waals surface area contributed by atoms with E-state index in [-0.39, 0.29) is 16.8 Å². The van der Waals surface area contributed by atoms with Gasteiger partial charge in [-0.25, -0.2) is 9.18 Å². The second-order valence-corrected chi connectivity index (χ2v) is 4.58. The number of rotatable bonds is 3. The van der Waals surface area contributed by atoms with Gasteiger partial charge in [0.05, 0.1) is 4.88 Å². The van der Waals surface area contributed by atoms with Gasteiger partial charge in [-0.1, -0.05) is 23.5 Å². The highest BCUT2D eigenvalue weighted by molar-refractivity contribution is 7.16. The molecule has 0 unspecified atom stereocenters. The fourth-order valence-corrected chi connectivity index (χ4v) is 2.27. The van der Waals surface area contributed by atoms with Crippen LogP contribution in [0.3, 0.4) is 0 Å². The Morgan fingerprint density at radius 3 is 2.67 bits per heavy atom. The minimum absolute atomic E-state index is 0.108. The van der Waals surface area contributed by atoms with Gasteiger partial charge in [-0.2, -0.15) is 4.98 Å². The molecule has 0 fully saturated rings. The van der Waals surface area contributed by atoms with Crippen LogP contribution in [-0.4, -0.2) is 21.3 Å². The van der Waals surface area contributed by atoms with Crippen LogP contribution in [0.1, 0.15) is 10.4 Å². The smallest absolute Gasteiger partial charge is 0.410 e. The molecule has 0 aliphatic carbocycles. The maximum atomic E-state index is 12.7. The van der Waals surface area contributed by atoms with Crippen molar-refractivity contribution in [1.82, 2.24) is 4.98 Å². The van der Waals surface area contributed by atoms with Crippen molar-refractivity contribution in [3.8, 4) is 5.88 Å². The summed E-state index contributed by atoms with van der Waals surface area (Å²) in [6.07, 6.45) is -0.873. The number of aromatic hydroxyl groups is 1. The van der Waals surface area contributed by atoms with Gasteiger partial charge in [0.15, 0.2) is 5.13 Å². The van der Waals surface area contributed by atoms with Crippen LogP contribution in [0, 0.1) is 5.82 Å². The maximum absolute atomic E-state index is 12.7. The monoisotopic (exact) mass is 268 g/mol. The Hall–Kier alpha value is -2.15. The molecule has 7 heteroatoms. The van der Waals surface area contributed by atoms with Crippen LogP contribution in [0.25, 0.3) is 0 Å². The van der Waals surface area contributed by atoms with Gasteiger partial charge in [-0.05, 0) is 17.7 Å². The molecule has 0 aliphatic rings. The average Bonchev–Trinajstić information content (AvgIpc) is 2.61. The van der Waals surface area contributed by atoms with Crippen molar-refractivity contribution >= 4 is 22.6 Å². The standard InChI is InChI=1S/C11H9FN2O3S/c12-7-3-1-6(2-4-7)5-8-9(15)13-10(18-8)14-11(16)17/h1-4,15H,5H2,(H,13,14)(H,16,17). The summed E-state index contributed by atoms with van der Waals surface area (Å²) in [6, 6.07) is 5.84. The van der Waals surface area contributed by atoms with Crippen LogP contribution in [0.5, 0.6) is 5.88 Å². The Balaban J connectivity index is 2.16. The number of halogens is 1. The third-order valence-electron chi connectivity index (χ3n) is 2.17. The lowest BCUT2D eigenvalue weighted by molar-refractivity contribution is 0.209. The van der Waals surface area contributed by atoms with E-state index in [1.807, 2.05) is 0 Å². The average molecular weight is 268 g/mol. The predicted molar refractivity (Wildman–Crippen MR) is 64.6 cm³/mol. The van der Waals surface area contributed by atoms with E-state index in [2.05, 4.69) is 10.3 Å². The Kier molecular flexibility index (Phi) is 3.42. The molecule has 1 amide bonds. The van der Waals surface area contributed by atoms with Crippen LogP contribution >= 0.6 is 11.3 Å². The van der Waals surface area contributed by atoms with Gasteiger partial charge in [-0.3, -0.25) is 5.32 Å². The lowest BCUT2D eigenvalue weighted by Crippen LogP contribution is -2.06. The summed E-state index contributed by atoms with van der Waals surface area (Å²) in [5, 5.41) is 20.2. The molecule has 1 heterocycles. The summed E-state index contributed by atoms with van der Waals surface area (Å²) in [5.74, 6) is -0.548. The van der Waals surface area contributed by atoms with E-state index >= 15 is 0 Å². The third kappa shape index (κ3) is 2.95. The molecule has 0 bridgehead atoms. The quantitative estimate of drug-likeness (QED) is 0.799. The number of thiazole rings is 1. The molecule has 0 saturated carbocycles. The van der Waals surface area contributed by atoms with Gasteiger partial charge in [0.1, 0.15) is 5.82 Å². The number of nitrogens with zero attached hydrogens (tertiary/aromatic N) is 1. The third-order valence-corrected chi connectivity index (χ3v) is 3.13. The molecule has 3 N–H and O–H groups in total. The summed E-state index contributed by atoms with van der Waals surface area (Å²) < 4.78 is 12.7. The number of amides is 1. The maximum Gasteiger partial charge on any atom is 0.410 e. The minimum Gasteiger partial charge on any atom is -0.492 e. The Morgan fingerprint density at radius 2 is 2.06 bits per heavy atom. The summed E-state index contributed by atoms with van der Waals surface area (Å²) in [5.41, 5.74) is 0.803. The fraction of sp³-hybridized carbons (Fsp3) is 0.0909. The zero-order valence-corrected chi connectivity index (χ0v) is 9.87. The van der Waals surface area contributed by atoms with Gasteiger partial charge >= 0.3 is 6.09 Å². The number of anilines is 1. The SMILES string of the molecule is O=C(O)Nc1nc(O)c(Cc2ccc(F)cc2)s1. The molecular weight excluding hydrogens is 259 g/mol. The van der Waals surface area contributed by atoms with Crippen molar-refractivity contribution in [1.29, 1.82) is 0 Å². The predicted octanol–water partition coefficient (Wildman–Crippen LogP) is 2.67. The number of nitrogens with one attached hydrogen (secondary N) is 1. The highest BCUT2D eigenvalue weighted by Gasteiger charge is 2.12. The summed E-state index contributed by atoms with van der Waals surface area (Å²) in [6.45, 7) is 0.